The van der Waals surface area contributed by atoms with Crippen molar-refractivity contribution >= 4 is 33.0 Å². The van der Waals surface area contributed by atoms with Crippen molar-refractivity contribution in [3.8, 4) is 0 Å². The molecule has 1 aromatic rings. The highest BCUT2D eigenvalue weighted by atomic mass is 32.2. The van der Waals surface area contributed by atoms with Crippen LogP contribution in [0.5, 0.6) is 0 Å². The zero-order valence-electron chi connectivity index (χ0n) is 13.1. The number of aryl methyl sites for hydroxylation is 1. The van der Waals surface area contributed by atoms with Gasteiger partial charge in [0.1, 0.15) is 0 Å². The lowest BCUT2D eigenvalue weighted by molar-refractivity contribution is 0.346. The van der Waals surface area contributed by atoms with E-state index < -0.39 is 10.0 Å². The van der Waals surface area contributed by atoms with Crippen LogP contribution in [0.4, 0.5) is 5.69 Å². The average Bonchev–Trinajstić information content (AvgIpc) is 2.50. The maximum Gasteiger partial charge on any atom is 0.243 e. The zero-order valence-corrected chi connectivity index (χ0v) is 14.7. The summed E-state index contributed by atoms with van der Waals surface area (Å²) in [5.74, 6) is 0. The number of nitrogens with zero attached hydrogens (tertiary/aromatic N) is 1. The summed E-state index contributed by atoms with van der Waals surface area (Å²) in [6.07, 6.45) is 2.96. The number of anilines is 1. The van der Waals surface area contributed by atoms with Gasteiger partial charge in [-0.05, 0) is 56.6 Å². The van der Waals surface area contributed by atoms with Gasteiger partial charge in [-0.1, -0.05) is 12.5 Å². The Bertz CT molecular complexity index is 638. The second-order valence-electron chi connectivity index (χ2n) is 5.43. The van der Waals surface area contributed by atoms with Gasteiger partial charge in [0.25, 0.3) is 0 Å². The number of thiocarbonyl (C=S) groups is 1. The fourth-order valence-electron chi connectivity index (χ4n) is 2.54. The van der Waals surface area contributed by atoms with E-state index in [2.05, 4.69) is 10.6 Å². The largest absolute Gasteiger partial charge is 0.363 e. The van der Waals surface area contributed by atoms with E-state index in [4.69, 9.17) is 12.2 Å². The van der Waals surface area contributed by atoms with Crippen LogP contribution in [0.1, 0.15) is 31.7 Å². The smallest absolute Gasteiger partial charge is 0.243 e. The third-order valence-electron chi connectivity index (χ3n) is 3.72. The Morgan fingerprint density at radius 3 is 2.59 bits per heavy atom. The number of hydrogen-bond acceptors (Lipinski definition) is 3. The van der Waals surface area contributed by atoms with Crippen molar-refractivity contribution in [1.29, 1.82) is 0 Å². The van der Waals surface area contributed by atoms with Gasteiger partial charge in [0.05, 0.1) is 4.90 Å². The monoisotopic (exact) mass is 341 g/mol. The predicted molar refractivity (Wildman–Crippen MR) is 93.7 cm³/mol. The number of piperidine rings is 1. The van der Waals surface area contributed by atoms with E-state index >= 15 is 0 Å². The molecule has 2 N–H and O–H groups in total. The highest BCUT2D eigenvalue weighted by Gasteiger charge is 2.27. The third-order valence-corrected chi connectivity index (χ3v) is 6.00. The summed E-state index contributed by atoms with van der Waals surface area (Å²) >= 11 is 5.15. The minimum Gasteiger partial charge on any atom is -0.363 e. The molecule has 0 atom stereocenters. The average molecular weight is 342 g/mol. The molecule has 1 heterocycles. The van der Waals surface area contributed by atoms with Crippen molar-refractivity contribution in [2.75, 3.05) is 25.0 Å². The van der Waals surface area contributed by atoms with Crippen LogP contribution in [0.2, 0.25) is 0 Å². The van der Waals surface area contributed by atoms with E-state index in [1.165, 1.54) is 0 Å². The van der Waals surface area contributed by atoms with Crippen molar-refractivity contribution in [2.24, 2.45) is 0 Å². The molecular weight excluding hydrogens is 318 g/mol. The van der Waals surface area contributed by atoms with Gasteiger partial charge in [0.15, 0.2) is 5.11 Å². The Morgan fingerprint density at radius 2 is 1.95 bits per heavy atom. The minimum atomic E-state index is -3.43. The van der Waals surface area contributed by atoms with Crippen LogP contribution in [-0.4, -0.2) is 37.5 Å². The van der Waals surface area contributed by atoms with Crippen LogP contribution in [0.15, 0.2) is 23.1 Å². The Balaban J connectivity index is 2.27. The van der Waals surface area contributed by atoms with Gasteiger partial charge in [-0.15, -0.1) is 0 Å². The molecule has 0 aromatic heterocycles. The quantitative estimate of drug-likeness (QED) is 0.824. The van der Waals surface area contributed by atoms with E-state index in [-0.39, 0.29) is 0 Å². The van der Waals surface area contributed by atoms with Crippen molar-refractivity contribution in [3.05, 3.63) is 23.8 Å². The fraction of sp³-hybridized carbons (Fsp3) is 0.533. The minimum absolute atomic E-state index is 0.360. The second kappa shape index (κ2) is 7.39. The summed E-state index contributed by atoms with van der Waals surface area (Å²) in [7, 11) is -3.43. The standard InChI is InChI=1S/C15H23N3O2S2/c1-3-16-15(21)17-13-8-7-12(2)14(11-13)22(19,20)18-9-5-4-6-10-18/h7-8,11H,3-6,9-10H2,1-2H3,(H2,16,17,21). The Hall–Kier alpha value is -1.18. The van der Waals surface area contributed by atoms with Gasteiger partial charge < -0.3 is 10.6 Å². The van der Waals surface area contributed by atoms with Crippen LogP contribution in [0.3, 0.4) is 0 Å². The summed E-state index contributed by atoms with van der Waals surface area (Å²) in [5.41, 5.74) is 1.44. The number of rotatable bonds is 4. The molecule has 2 rings (SSSR count). The van der Waals surface area contributed by atoms with Crippen molar-refractivity contribution in [1.82, 2.24) is 9.62 Å². The van der Waals surface area contributed by atoms with Gasteiger partial charge in [0.2, 0.25) is 10.0 Å². The molecule has 0 radical (unpaired) electrons. The molecule has 0 saturated carbocycles. The molecule has 0 aliphatic carbocycles. The topological polar surface area (TPSA) is 61.4 Å². The Morgan fingerprint density at radius 1 is 1.27 bits per heavy atom. The normalized spacial score (nSPS) is 16.3. The molecule has 1 fully saturated rings. The maximum absolute atomic E-state index is 12.8. The van der Waals surface area contributed by atoms with Crippen LogP contribution in [0.25, 0.3) is 0 Å². The molecule has 0 bridgehead atoms. The van der Waals surface area contributed by atoms with Gasteiger partial charge in [0, 0.05) is 25.3 Å². The van der Waals surface area contributed by atoms with Gasteiger partial charge in [-0.2, -0.15) is 4.31 Å². The Labute approximate surface area is 138 Å². The Kier molecular flexibility index (Phi) is 5.77. The first-order valence-corrected chi connectivity index (χ1v) is 9.45. The molecule has 0 spiro atoms. The molecular formula is C15H23N3O2S2. The number of sulfonamides is 1. The van der Waals surface area contributed by atoms with Crippen LogP contribution in [0, 0.1) is 6.92 Å². The van der Waals surface area contributed by atoms with Crippen molar-refractivity contribution < 1.29 is 8.42 Å². The SMILES string of the molecule is CCNC(=S)Nc1ccc(C)c(S(=O)(=O)N2CCCCC2)c1. The molecule has 0 unspecified atom stereocenters. The molecule has 5 nitrogen and oxygen atoms in total. The van der Waals surface area contributed by atoms with E-state index in [9.17, 15) is 8.42 Å². The lowest BCUT2D eigenvalue weighted by Gasteiger charge is -2.26. The highest BCUT2D eigenvalue weighted by molar-refractivity contribution is 7.89. The summed E-state index contributed by atoms with van der Waals surface area (Å²) < 4.78 is 27.2. The summed E-state index contributed by atoms with van der Waals surface area (Å²) in [6, 6.07) is 5.32. The zero-order chi connectivity index (χ0) is 16.2. The van der Waals surface area contributed by atoms with Crippen molar-refractivity contribution in [2.45, 2.75) is 38.0 Å². The number of nitrogens with one attached hydrogen (secondary N) is 2. The van der Waals surface area contributed by atoms with E-state index in [1.54, 1.807) is 10.4 Å². The lowest BCUT2D eigenvalue weighted by Crippen LogP contribution is -2.36. The first-order valence-electron chi connectivity index (χ1n) is 7.61. The van der Waals surface area contributed by atoms with Crippen LogP contribution < -0.4 is 10.6 Å². The summed E-state index contributed by atoms with van der Waals surface area (Å²) in [4.78, 5) is 0.360. The molecule has 1 saturated heterocycles. The lowest BCUT2D eigenvalue weighted by atomic mass is 10.2. The third kappa shape index (κ3) is 3.97. The highest BCUT2D eigenvalue weighted by Crippen LogP contribution is 2.25. The summed E-state index contributed by atoms with van der Waals surface area (Å²) in [5, 5.41) is 6.51. The second-order valence-corrected chi connectivity index (χ2v) is 7.74. The van der Waals surface area contributed by atoms with Gasteiger partial charge >= 0.3 is 0 Å². The molecule has 122 valence electrons. The van der Waals surface area contributed by atoms with E-state index in [0.717, 1.165) is 31.4 Å². The van der Waals surface area contributed by atoms with Gasteiger partial charge in [-0.25, -0.2) is 8.42 Å². The van der Waals surface area contributed by atoms with Gasteiger partial charge in [-0.3, -0.25) is 0 Å². The molecule has 22 heavy (non-hydrogen) atoms. The van der Waals surface area contributed by atoms with Crippen molar-refractivity contribution in [3.63, 3.8) is 0 Å². The summed E-state index contributed by atoms with van der Waals surface area (Å²) in [6.45, 7) is 5.71. The van der Waals surface area contributed by atoms with Crippen LogP contribution >= 0.6 is 12.2 Å². The van der Waals surface area contributed by atoms with E-state index in [1.807, 2.05) is 26.0 Å². The van der Waals surface area contributed by atoms with E-state index in [0.29, 0.717) is 28.8 Å². The predicted octanol–water partition coefficient (Wildman–Crippen LogP) is 2.48. The number of hydrogen-bond donors (Lipinski definition) is 2. The first kappa shape index (κ1) is 17.2. The fourth-order valence-corrected chi connectivity index (χ4v) is 4.57. The maximum atomic E-state index is 12.8. The number of benzene rings is 1. The first-order chi connectivity index (χ1) is 10.4. The molecule has 1 aliphatic rings. The molecule has 7 heteroatoms. The molecule has 1 aliphatic heterocycles. The van der Waals surface area contributed by atoms with Crippen LogP contribution in [-0.2, 0) is 10.0 Å². The molecule has 1 aromatic carbocycles. The molecule has 0 amide bonds.